The second-order valence-corrected chi connectivity index (χ2v) is 8.12. The van der Waals surface area contributed by atoms with Crippen LogP contribution in [-0.2, 0) is 6.54 Å². The second kappa shape index (κ2) is 6.44. The van der Waals surface area contributed by atoms with Gasteiger partial charge in [0, 0.05) is 6.54 Å². The molecule has 0 saturated heterocycles. The van der Waals surface area contributed by atoms with E-state index in [2.05, 4.69) is 20.9 Å². The number of carbonyl (C=O) groups excluding carboxylic acids is 1. The number of amides is 1. The summed E-state index contributed by atoms with van der Waals surface area (Å²) in [7, 11) is 0. The van der Waals surface area contributed by atoms with Crippen LogP contribution in [0.5, 0.6) is 0 Å². The predicted molar refractivity (Wildman–Crippen MR) is 92.0 cm³/mol. The lowest BCUT2D eigenvalue weighted by Gasteiger charge is -2.03. The fourth-order valence-electron chi connectivity index (χ4n) is 2.17. The van der Waals surface area contributed by atoms with Gasteiger partial charge in [-0.3, -0.25) is 4.79 Å². The molecule has 22 heavy (non-hydrogen) atoms. The summed E-state index contributed by atoms with van der Waals surface area (Å²) in [6.07, 6.45) is 0.839. The van der Waals surface area contributed by atoms with Gasteiger partial charge in [0.2, 0.25) is 0 Å². The van der Waals surface area contributed by atoms with Crippen molar-refractivity contribution >= 4 is 54.7 Å². The number of nitrogens with zero attached hydrogens (tertiary/aromatic N) is 2. The minimum atomic E-state index is -0.299. The fraction of sp³-hybridized carbons (Fsp3) is 0.200. The molecule has 0 N–H and O–H groups in total. The third-order valence-electron chi connectivity index (χ3n) is 3.08. The van der Waals surface area contributed by atoms with Gasteiger partial charge < -0.3 is 4.57 Å². The zero-order chi connectivity index (χ0) is 15.7. The molecule has 1 aromatic carbocycles. The number of thiazole rings is 1. The van der Waals surface area contributed by atoms with Crippen molar-refractivity contribution < 1.29 is 9.18 Å². The van der Waals surface area contributed by atoms with Crippen molar-refractivity contribution in [3.63, 3.8) is 0 Å². The van der Waals surface area contributed by atoms with Crippen LogP contribution in [0.2, 0.25) is 0 Å². The summed E-state index contributed by atoms with van der Waals surface area (Å²) in [6, 6.07) is 8.51. The average molecular weight is 399 g/mol. The van der Waals surface area contributed by atoms with Crippen molar-refractivity contribution in [2.24, 2.45) is 4.99 Å². The number of aromatic nitrogens is 1. The summed E-state index contributed by atoms with van der Waals surface area (Å²) in [5.41, 5.74) is 0.522. The van der Waals surface area contributed by atoms with Gasteiger partial charge in [0.1, 0.15) is 5.82 Å². The summed E-state index contributed by atoms with van der Waals surface area (Å²) >= 11 is 6.01. The highest BCUT2D eigenvalue weighted by Gasteiger charge is 2.12. The van der Waals surface area contributed by atoms with Gasteiger partial charge in [-0.25, -0.2) is 4.39 Å². The highest BCUT2D eigenvalue weighted by Crippen LogP contribution is 2.23. The summed E-state index contributed by atoms with van der Waals surface area (Å²) in [5, 5.41) is 0. The van der Waals surface area contributed by atoms with Gasteiger partial charge >= 0.3 is 0 Å². The lowest BCUT2D eigenvalue weighted by Crippen LogP contribution is -2.17. The van der Waals surface area contributed by atoms with Crippen LogP contribution < -0.4 is 4.80 Å². The number of rotatable bonds is 3. The van der Waals surface area contributed by atoms with E-state index in [1.54, 1.807) is 16.7 Å². The number of aryl methyl sites for hydroxylation is 1. The van der Waals surface area contributed by atoms with Crippen molar-refractivity contribution in [1.29, 1.82) is 0 Å². The number of fused-ring (bicyclic) bond motifs is 1. The summed E-state index contributed by atoms with van der Waals surface area (Å²) in [4.78, 5) is 17.6. The van der Waals surface area contributed by atoms with Gasteiger partial charge in [-0.2, -0.15) is 4.99 Å². The zero-order valence-electron chi connectivity index (χ0n) is 11.7. The van der Waals surface area contributed by atoms with Crippen molar-refractivity contribution in [1.82, 2.24) is 4.57 Å². The minimum Gasteiger partial charge on any atom is -0.314 e. The van der Waals surface area contributed by atoms with Crippen LogP contribution in [0.3, 0.4) is 0 Å². The van der Waals surface area contributed by atoms with E-state index in [9.17, 15) is 9.18 Å². The number of carbonyl (C=O) groups is 1. The van der Waals surface area contributed by atoms with Gasteiger partial charge in [0.15, 0.2) is 4.80 Å². The molecule has 2 aromatic heterocycles. The fourth-order valence-corrected chi connectivity index (χ4v) is 4.51. The van der Waals surface area contributed by atoms with E-state index >= 15 is 0 Å². The Morgan fingerprint density at radius 3 is 2.82 bits per heavy atom. The third-order valence-corrected chi connectivity index (χ3v) is 5.74. The van der Waals surface area contributed by atoms with Gasteiger partial charge in [-0.1, -0.05) is 24.3 Å². The summed E-state index contributed by atoms with van der Waals surface area (Å²) in [6.45, 7) is 2.64. The molecule has 0 aliphatic rings. The van der Waals surface area contributed by atoms with Crippen LogP contribution in [0, 0.1) is 5.82 Å². The first-order valence-electron chi connectivity index (χ1n) is 6.72. The third kappa shape index (κ3) is 2.93. The molecule has 0 spiro atoms. The maximum atomic E-state index is 14.1. The van der Waals surface area contributed by atoms with Crippen LogP contribution in [0.4, 0.5) is 4.39 Å². The van der Waals surface area contributed by atoms with Crippen molar-refractivity contribution in [2.45, 2.75) is 19.9 Å². The molecule has 3 rings (SSSR count). The van der Waals surface area contributed by atoms with E-state index in [0.717, 1.165) is 14.9 Å². The standard InChI is InChI=1S/C15H12BrFN2OS2/c1-2-8-19-13-9(17)4-3-5-10(13)22-15(19)18-14(20)11-6-7-12(16)21-11/h3-7H,2,8H2,1H3. The number of para-hydroxylation sites is 1. The molecule has 3 aromatic rings. The predicted octanol–water partition coefficient (Wildman–Crippen LogP) is 4.82. The lowest BCUT2D eigenvalue weighted by molar-refractivity contribution is 0.100. The van der Waals surface area contributed by atoms with Crippen LogP contribution >= 0.6 is 38.6 Å². The first kappa shape index (κ1) is 15.6. The van der Waals surface area contributed by atoms with E-state index in [1.165, 1.54) is 28.7 Å². The second-order valence-electron chi connectivity index (χ2n) is 4.64. The van der Waals surface area contributed by atoms with E-state index in [4.69, 9.17) is 0 Å². The Bertz CT molecular complexity index is 910. The topological polar surface area (TPSA) is 34.4 Å². The van der Waals surface area contributed by atoms with Crippen LogP contribution in [0.25, 0.3) is 10.2 Å². The van der Waals surface area contributed by atoms with Crippen LogP contribution in [-0.4, -0.2) is 10.5 Å². The summed E-state index contributed by atoms with van der Waals surface area (Å²) < 4.78 is 17.6. The average Bonchev–Trinajstić information content (AvgIpc) is 3.05. The highest BCUT2D eigenvalue weighted by atomic mass is 79.9. The molecule has 0 fully saturated rings. The number of hydrogen-bond donors (Lipinski definition) is 0. The Labute approximate surface area is 142 Å². The van der Waals surface area contributed by atoms with Gasteiger partial charge in [-0.15, -0.1) is 11.3 Å². The number of halogens is 2. The Kier molecular flexibility index (Phi) is 4.56. The molecule has 0 atom stereocenters. The minimum absolute atomic E-state index is 0.282. The Balaban J connectivity index is 2.17. The van der Waals surface area contributed by atoms with E-state index in [1.807, 2.05) is 19.1 Å². The Morgan fingerprint density at radius 2 is 2.14 bits per heavy atom. The van der Waals surface area contributed by atoms with Gasteiger partial charge in [0.05, 0.1) is 18.9 Å². The highest BCUT2D eigenvalue weighted by molar-refractivity contribution is 9.11. The zero-order valence-corrected chi connectivity index (χ0v) is 14.9. The van der Waals surface area contributed by atoms with Crippen LogP contribution in [0.15, 0.2) is 39.1 Å². The molecule has 0 saturated carbocycles. The molecule has 0 unspecified atom stereocenters. The van der Waals surface area contributed by atoms with Crippen molar-refractivity contribution in [2.75, 3.05) is 0 Å². The molecule has 3 nitrogen and oxygen atoms in total. The van der Waals surface area contributed by atoms with Crippen LogP contribution in [0.1, 0.15) is 23.0 Å². The molecule has 1 amide bonds. The molecule has 2 heterocycles. The molecule has 114 valence electrons. The lowest BCUT2D eigenvalue weighted by atomic mass is 10.3. The number of thiophene rings is 1. The largest absolute Gasteiger partial charge is 0.314 e. The SMILES string of the molecule is CCCn1c(=NC(=O)c2ccc(Br)s2)sc2cccc(F)c21. The smallest absolute Gasteiger partial charge is 0.289 e. The van der Waals surface area contributed by atoms with Crippen molar-refractivity contribution in [3.8, 4) is 0 Å². The maximum Gasteiger partial charge on any atom is 0.289 e. The van der Waals surface area contributed by atoms with Crippen molar-refractivity contribution in [3.05, 3.63) is 49.6 Å². The monoisotopic (exact) mass is 398 g/mol. The van der Waals surface area contributed by atoms with E-state index in [-0.39, 0.29) is 11.7 Å². The summed E-state index contributed by atoms with van der Waals surface area (Å²) in [5.74, 6) is -0.581. The van der Waals surface area contributed by atoms with E-state index in [0.29, 0.717) is 21.7 Å². The molecule has 0 radical (unpaired) electrons. The first-order valence-corrected chi connectivity index (χ1v) is 9.15. The maximum absolute atomic E-state index is 14.1. The van der Waals surface area contributed by atoms with Gasteiger partial charge in [0.25, 0.3) is 5.91 Å². The van der Waals surface area contributed by atoms with Gasteiger partial charge in [-0.05, 0) is 46.6 Å². The normalized spacial score (nSPS) is 12.2. The Morgan fingerprint density at radius 1 is 1.32 bits per heavy atom. The number of hydrogen-bond acceptors (Lipinski definition) is 3. The molecular formula is C15H12BrFN2OS2. The number of benzene rings is 1. The Hall–Kier alpha value is -1.31. The molecule has 0 bridgehead atoms. The quantitative estimate of drug-likeness (QED) is 0.622. The molecular weight excluding hydrogens is 387 g/mol. The first-order chi connectivity index (χ1) is 10.6. The van der Waals surface area contributed by atoms with E-state index < -0.39 is 0 Å². The molecule has 0 aliphatic heterocycles. The molecule has 0 aliphatic carbocycles. The molecule has 7 heteroatoms.